The molecule has 0 aliphatic heterocycles. The van der Waals surface area contributed by atoms with Gasteiger partial charge in [0.05, 0.1) is 11.3 Å². The molecule has 0 amide bonds. The van der Waals surface area contributed by atoms with Gasteiger partial charge in [-0.1, -0.05) is 25.2 Å². The second-order valence-corrected chi connectivity index (χ2v) is 9.14. The molecule has 3 heterocycles. The molecule has 152 valence electrons. The van der Waals surface area contributed by atoms with E-state index in [4.69, 9.17) is 0 Å². The predicted molar refractivity (Wildman–Crippen MR) is 113 cm³/mol. The van der Waals surface area contributed by atoms with Crippen LogP contribution in [-0.2, 0) is 0 Å². The number of aromatic nitrogens is 5. The molecule has 0 saturated heterocycles. The molecule has 30 heavy (non-hydrogen) atoms. The SMILES string of the molecule is CC1([C@@H]2C[C@H]2c2cc(-c3c[nH]c(=O)[nH]c3=O)nn3ccnc23)C=CC(C2CC2)=CC1. The minimum Gasteiger partial charge on any atom is -0.313 e. The van der Waals surface area contributed by atoms with Gasteiger partial charge in [0.15, 0.2) is 5.65 Å². The fourth-order valence-corrected chi connectivity index (χ4v) is 4.97. The monoisotopic (exact) mass is 401 g/mol. The van der Waals surface area contributed by atoms with Crippen molar-refractivity contribution in [1.82, 2.24) is 24.6 Å². The van der Waals surface area contributed by atoms with E-state index in [9.17, 15) is 9.59 Å². The molecule has 3 aliphatic carbocycles. The van der Waals surface area contributed by atoms with Crippen molar-refractivity contribution in [3.63, 3.8) is 0 Å². The molecular weight excluding hydrogens is 378 g/mol. The number of rotatable bonds is 4. The van der Waals surface area contributed by atoms with Crippen LogP contribution in [-0.4, -0.2) is 24.6 Å². The maximum Gasteiger partial charge on any atom is 0.325 e. The predicted octanol–water partition coefficient (Wildman–Crippen LogP) is 3.18. The Kier molecular flexibility index (Phi) is 3.61. The zero-order chi connectivity index (χ0) is 20.5. The van der Waals surface area contributed by atoms with Crippen LogP contribution in [0.1, 0.15) is 44.1 Å². The first-order valence-electron chi connectivity index (χ1n) is 10.6. The van der Waals surface area contributed by atoms with Crippen molar-refractivity contribution >= 4 is 5.65 Å². The van der Waals surface area contributed by atoms with E-state index in [0.29, 0.717) is 23.1 Å². The van der Waals surface area contributed by atoms with Crippen molar-refractivity contribution in [3.05, 3.63) is 74.9 Å². The highest BCUT2D eigenvalue weighted by Gasteiger charge is 2.50. The minimum absolute atomic E-state index is 0.144. The Hall–Kier alpha value is -3.22. The van der Waals surface area contributed by atoms with E-state index in [0.717, 1.165) is 30.0 Å². The van der Waals surface area contributed by atoms with E-state index in [1.807, 2.05) is 6.07 Å². The first-order chi connectivity index (χ1) is 14.5. The van der Waals surface area contributed by atoms with Gasteiger partial charge < -0.3 is 4.98 Å². The quantitative estimate of drug-likeness (QED) is 0.702. The van der Waals surface area contributed by atoms with Gasteiger partial charge in [0.25, 0.3) is 5.56 Å². The van der Waals surface area contributed by atoms with E-state index in [-0.39, 0.29) is 5.41 Å². The highest BCUT2D eigenvalue weighted by molar-refractivity contribution is 5.63. The summed E-state index contributed by atoms with van der Waals surface area (Å²) in [7, 11) is 0. The lowest BCUT2D eigenvalue weighted by Gasteiger charge is -2.29. The summed E-state index contributed by atoms with van der Waals surface area (Å²) in [5.74, 6) is 1.71. The van der Waals surface area contributed by atoms with Crippen LogP contribution in [0, 0.1) is 17.3 Å². The van der Waals surface area contributed by atoms with Crippen LogP contribution in [0.5, 0.6) is 0 Å². The second-order valence-electron chi connectivity index (χ2n) is 9.14. The molecule has 2 saturated carbocycles. The smallest absolute Gasteiger partial charge is 0.313 e. The summed E-state index contributed by atoms with van der Waals surface area (Å²) in [6.45, 7) is 2.35. The highest BCUT2D eigenvalue weighted by Crippen LogP contribution is 2.61. The van der Waals surface area contributed by atoms with E-state index in [2.05, 4.69) is 45.2 Å². The molecule has 2 fully saturated rings. The van der Waals surface area contributed by atoms with Gasteiger partial charge in [-0.05, 0) is 60.5 Å². The van der Waals surface area contributed by atoms with Crippen LogP contribution in [0.3, 0.4) is 0 Å². The molecule has 0 spiro atoms. The first kappa shape index (κ1) is 17.6. The number of imidazole rings is 1. The molecule has 0 aromatic carbocycles. The lowest BCUT2D eigenvalue weighted by Crippen LogP contribution is -2.23. The minimum atomic E-state index is -0.523. The van der Waals surface area contributed by atoms with Crippen LogP contribution in [0.25, 0.3) is 16.9 Å². The van der Waals surface area contributed by atoms with Crippen LogP contribution in [0.4, 0.5) is 0 Å². The number of hydrogen-bond acceptors (Lipinski definition) is 4. The van der Waals surface area contributed by atoms with Crippen LogP contribution in [0.15, 0.2) is 58.0 Å². The van der Waals surface area contributed by atoms with Crippen molar-refractivity contribution in [2.24, 2.45) is 17.3 Å². The van der Waals surface area contributed by atoms with Crippen molar-refractivity contribution < 1.29 is 0 Å². The molecule has 3 aliphatic rings. The topological polar surface area (TPSA) is 95.9 Å². The average molecular weight is 401 g/mol. The first-order valence-corrected chi connectivity index (χ1v) is 10.6. The van der Waals surface area contributed by atoms with Gasteiger partial charge in [-0.3, -0.25) is 9.78 Å². The molecule has 6 rings (SSSR count). The van der Waals surface area contributed by atoms with Crippen molar-refractivity contribution in [1.29, 1.82) is 0 Å². The Bertz CT molecular complexity index is 1340. The van der Waals surface area contributed by atoms with Gasteiger partial charge in [0, 0.05) is 24.2 Å². The molecule has 3 aromatic rings. The van der Waals surface area contributed by atoms with Gasteiger partial charge in [-0.25, -0.2) is 14.3 Å². The number of fused-ring (bicyclic) bond motifs is 1. The Morgan fingerprint density at radius 3 is 2.87 bits per heavy atom. The van der Waals surface area contributed by atoms with Gasteiger partial charge in [-0.15, -0.1) is 0 Å². The van der Waals surface area contributed by atoms with E-state index >= 15 is 0 Å². The highest BCUT2D eigenvalue weighted by atomic mass is 16.2. The van der Waals surface area contributed by atoms with Gasteiger partial charge in [0.2, 0.25) is 0 Å². The summed E-state index contributed by atoms with van der Waals surface area (Å²) >= 11 is 0. The van der Waals surface area contributed by atoms with Gasteiger partial charge in [-0.2, -0.15) is 5.10 Å². The zero-order valence-electron chi connectivity index (χ0n) is 16.8. The Labute approximate surface area is 172 Å². The number of allylic oxidation sites excluding steroid dienone is 4. The van der Waals surface area contributed by atoms with Crippen LogP contribution >= 0.6 is 0 Å². The standard InChI is InChI=1S/C23H23N5O2/c1-23(6-4-14(5-7-23)13-2-3-13)18-10-15(18)16-11-19(27-28-9-8-24-20(16)28)17-12-25-22(30)26-21(17)29/h4-6,8-9,11-13,15,18H,2-3,7,10H2,1H3,(H2,25,26,29,30)/t15-,18+,23?/m0/s1. The maximum absolute atomic E-state index is 12.3. The normalized spacial score (nSPS) is 28.0. The number of nitrogens with zero attached hydrogens (tertiary/aromatic N) is 3. The van der Waals surface area contributed by atoms with Crippen molar-refractivity contribution in [2.45, 2.75) is 38.5 Å². The lowest BCUT2D eigenvalue weighted by atomic mass is 9.76. The Morgan fingerprint density at radius 2 is 2.13 bits per heavy atom. The van der Waals surface area contributed by atoms with Crippen molar-refractivity contribution in [3.8, 4) is 11.3 Å². The maximum atomic E-state index is 12.3. The molecule has 7 nitrogen and oxygen atoms in total. The van der Waals surface area contributed by atoms with E-state index in [1.165, 1.54) is 24.6 Å². The number of nitrogens with one attached hydrogen (secondary N) is 2. The summed E-state index contributed by atoms with van der Waals surface area (Å²) < 4.78 is 1.73. The summed E-state index contributed by atoms with van der Waals surface area (Å²) in [6, 6.07) is 1.97. The van der Waals surface area contributed by atoms with E-state index in [1.54, 1.807) is 16.9 Å². The summed E-state index contributed by atoms with van der Waals surface area (Å²) in [4.78, 5) is 33.0. The molecule has 2 N–H and O–H groups in total. The third kappa shape index (κ3) is 2.80. The molecule has 0 bridgehead atoms. The summed E-state index contributed by atoms with van der Waals surface area (Å²) in [5.41, 5.74) is 3.55. The average Bonchev–Trinajstić information content (AvgIpc) is 3.65. The third-order valence-electron chi connectivity index (χ3n) is 7.00. The van der Waals surface area contributed by atoms with Gasteiger partial charge in [0.1, 0.15) is 0 Å². The number of H-pyrrole nitrogens is 2. The van der Waals surface area contributed by atoms with Crippen molar-refractivity contribution in [2.75, 3.05) is 0 Å². The largest absolute Gasteiger partial charge is 0.325 e. The number of hydrogen-bond donors (Lipinski definition) is 2. The molecule has 7 heteroatoms. The fraction of sp³-hybridized carbons (Fsp3) is 0.391. The summed E-state index contributed by atoms with van der Waals surface area (Å²) in [6.07, 6.45) is 17.0. The van der Waals surface area contributed by atoms with Gasteiger partial charge >= 0.3 is 5.69 Å². The van der Waals surface area contributed by atoms with Crippen LogP contribution < -0.4 is 11.2 Å². The lowest BCUT2D eigenvalue weighted by molar-refractivity contribution is 0.357. The molecule has 0 radical (unpaired) electrons. The summed E-state index contributed by atoms with van der Waals surface area (Å²) in [5, 5.41) is 4.55. The molecule has 1 unspecified atom stereocenters. The fourth-order valence-electron chi connectivity index (χ4n) is 4.97. The Morgan fingerprint density at radius 1 is 1.27 bits per heavy atom. The number of aromatic amines is 2. The molecular formula is C23H23N5O2. The second kappa shape index (κ2) is 6.14. The van der Waals surface area contributed by atoms with E-state index < -0.39 is 11.2 Å². The third-order valence-corrected chi connectivity index (χ3v) is 7.00. The van der Waals surface area contributed by atoms with Crippen LogP contribution in [0.2, 0.25) is 0 Å². The molecule has 3 aromatic heterocycles. The Balaban J connectivity index is 1.36. The zero-order valence-corrected chi connectivity index (χ0v) is 16.8. The molecule has 3 atom stereocenters.